The summed E-state index contributed by atoms with van der Waals surface area (Å²) in [5.74, 6) is -0.288. The van der Waals surface area contributed by atoms with Crippen molar-refractivity contribution in [3.63, 3.8) is 0 Å². The monoisotopic (exact) mass is 385 g/mol. The lowest BCUT2D eigenvalue weighted by atomic mass is 10.2. The number of aryl methyl sites for hydroxylation is 1. The molecule has 1 heterocycles. The van der Waals surface area contributed by atoms with Crippen LogP contribution in [0.15, 0.2) is 48.5 Å². The molecule has 0 unspecified atom stereocenters. The van der Waals surface area contributed by atoms with Crippen molar-refractivity contribution in [3.05, 3.63) is 65.5 Å². The molecule has 0 spiro atoms. The number of amides is 2. The second kappa shape index (κ2) is 10.2. The molecule has 1 fully saturated rings. The van der Waals surface area contributed by atoms with Crippen LogP contribution in [-0.2, 0) is 11.3 Å². The highest BCUT2D eigenvalue weighted by Crippen LogP contribution is 2.16. The van der Waals surface area contributed by atoms with E-state index in [1.807, 2.05) is 31.2 Å². The number of ether oxygens (including phenoxy) is 1. The van der Waals surface area contributed by atoms with Gasteiger partial charge in [0.15, 0.2) is 0 Å². The lowest BCUT2D eigenvalue weighted by Crippen LogP contribution is -2.40. The van der Waals surface area contributed by atoms with E-state index < -0.39 is 0 Å². The number of anilines is 1. The Labute approximate surface area is 166 Å². The number of nitrogens with one attached hydrogen (secondary N) is 1. The van der Waals surface area contributed by atoms with Crippen molar-refractivity contribution in [1.82, 2.24) is 9.80 Å². The van der Waals surface area contributed by atoms with Gasteiger partial charge in [0.1, 0.15) is 5.82 Å². The molecule has 0 aromatic heterocycles. The van der Waals surface area contributed by atoms with Crippen LogP contribution in [0.2, 0.25) is 0 Å². The Morgan fingerprint density at radius 2 is 1.86 bits per heavy atom. The average Bonchev–Trinajstić information content (AvgIpc) is 2.71. The van der Waals surface area contributed by atoms with E-state index >= 15 is 0 Å². The molecule has 6 heteroatoms. The molecular weight excluding hydrogens is 357 g/mol. The van der Waals surface area contributed by atoms with Gasteiger partial charge in [-0.25, -0.2) is 9.18 Å². The Balaban J connectivity index is 1.65. The summed E-state index contributed by atoms with van der Waals surface area (Å²) < 4.78 is 19.5. The largest absolute Gasteiger partial charge is 0.379 e. The Kier molecular flexibility index (Phi) is 7.39. The maximum atomic E-state index is 14.1. The fourth-order valence-electron chi connectivity index (χ4n) is 3.30. The normalized spacial score (nSPS) is 14.6. The average molecular weight is 385 g/mol. The number of benzene rings is 2. The number of rotatable bonds is 7. The number of hydrogen-bond donors (Lipinski definition) is 1. The Bertz CT molecular complexity index is 778. The number of carbonyl (C=O) groups is 1. The molecule has 5 nitrogen and oxygen atoms in total. The number of nitrogens with zero attached hydrogens (tertiary/aromatic N) is 2. The molecule has 1 aliphatic heterocycles. The molecule has 3 rings (SSSR count). The van der Waals surface area contributed by atoms with E-state index in [1.54, 1.807) is 23.1 Å². The van der Waals surface area contributed by atoms with Crippen LogP contribution in [0, 0.1) is 12.7 Å². The summed E-state index contributed by atoms with van der Waals surface area (Å²) in [7, 11) is 0. The van der Waals surface area contributed by atoms with Gasteiger partial charge in [0.2, 0.25) is 0 Å². The van der Waals surface area contributed by atoms with E-state index in [0.717, 1.165) is 50.5 Å². The van der Waals surface area contributed by atoms with Gasteiger partial charge in [-0.15, -0.1) is 0 Å². The lowest BCUT2D eigenvalue weighted by molar-refractivity contribution is 0.0365. The molecule has 1 aliphatic rings. The maximum absolute atomic E-state index is 14.1. The molecule has 0 bridgehead atoms. The molecule has 2 aromatic rings. The number of carbonyl (C=O) groups excluding carboxylic acids is 1. The summed E-state index contributed by atoms with van der Waals surface area (Å²) >= 11 is 0. The van der Waals surface area contributed by atoms with Crippen LogP contribution < -0.4 is 5.32 Å². The zero-order valence-corrected chi connectivity index (χ0v) is 16.4. The molecule has 0 saturated carbocycles. The quantitative estimate of drug-likeness (QED) is 0.786. The second-order valence-electron chi connectivity index (χ2n) is 7.07. The van der Waals surface area contributed by atoms with Crippen molar-refractivity contribution in [1.29, 1.82) is 0 Å². The predicted octanol–water partition coefficient (Wildman–Crippen LogP) is 3.89. The van der Waals surface area contributed by atoms with Gasteiger partial charge < -0.3 is 15.0 Å². The van der Waals surface area contributed by atoms with Crippen molar-refractivity contribution in [3.8, 4) is 0 Å². The Morgan fingerprint density at radius 3 is 2.61 bits per heavy atom. The first-order valence-electron chi connectivity index (χ1n) is 9.78. The maximum Gasteiger partial charge on any atom is 0.322 e. The zero-order chi connectivity index (χ0) is 19.8. The van der Waals surface area contributed by atoms with Gasteiger partial charge in [-0.3, -0.25) is 4.90 Å². The van der Waals surface area contributed by atoms with Crippen LogP contribution >= 0.6 is 0 Å². The first-order chi connectivity index (χ1) is 13.6. The highest BCUT2D eigenvalue weighted by molar-refractivity contribution is 5.90. The van der Waals surface area contributed by atoms with E-state index in [0.29, 0.717) is 12.1 Å². The Morgan fingerprint density at radius 1 is 1.14 bits per heavy atom. The molecule has 2 aromatic carbocycles. The first-order valence-corrected chi connectivity index (χ1v) is 9.78. The highest BCUT2D eigenvalue weighted by atomic mass is 19.1. The third-order valence-electron chi connectivity index (χ3n) is 5.00. The third kappa shape index (κ3) is 5.78. The van der Waals surface area contributed by atoms with Gasteiger partial charge in [-0.05, 0) is 31.0 Å². The number of morpholine rings is 1. The van der Waals surface area contributed by atoms with E-state index in [2.05, 4.69) is 10.2 Å². The van der Waals surface area contributed by atoms with Crippen molar-refractivity contribution >= 4 is 11.7 Å². The van der Waals surface area contributed by atoms with Crippen molar-refractivity contribution < 1.29 is 13.9 Å². The fourth-order valence-corrected chi connectivity index (χ4v) is 3.30. The van der Waals surface area contributed by atoms with E-state index in [-0.39, 0.29) is 18.4 Å². The Hall–Kier alpha value is -2.44. The molecule has 1 N–H and O–H groups in total. The van der Waals surface area contributed by atoms with E-state index in [4.69, 9.17) is 4.74 Å². The number of halogens is 1. The van der Waals surface area contributed by atoms with Crippen LogP contribution in [-0.4, -0.2) is 55.2 Å². The van der Waals surface area contributed by atoms with Gasteiger partial charge in [0.25, 0.3) is 0 Å². The van der Waals surface area contributed by atoms with Crippen molar-refractivity contribution in [2.75, 3.05) is 44.7 Å². The van der Waals surface area contributed by atoms with Gasteiger partial charge in [0, 0.05) is 37.4 Å². The number of para-hydroxylation sites is 1. The molecule has 150 valence electrons. The second-order valence-corrected chi connectivity index (χ2v) is 7.07. The zero-order valence-electron chi connectivity index (χ0n) is 16.4. The van der Waals surface area contributed by atoms with Crippen LogP contribution in [0.5, 0.6) is 0 Å². The number of hydrogen-bond acceptors (Lipinski definition) is 3. The van der Waals surface area contributed by atoms with Crippen molar-refractivity contribution in [2.45, 2.75) is 19.9 Å². The minimum absolute atomic E-state index is 0.209. The van der Waals surface area contributed by atoms with Gasteiger partial charge in [0.05, 0.1) is 19.8 Å². The van der Waals surface area contributed by atoms with Crippen LogP contribution in [0.3, 0.4) is 0 Å². The third-order valence-corrected chi connectivity index (χ3v) is 5.00. The summed E-state index contributed by atoms with van der Waals surface area (Å²) in [4.78, 5) is 16.9. The molecule has 0 aliphatic carbocycles. The molecular formula is C22H28FN3O2. The molecule has 1 saturated heterocycles. The van der Waals surface area contributed by atoms with Crippen LogP contribution in [0.25, 0.3) is 0 Å². The molecule has 28 heavy (non-hydrogen) atoms. The predicted molar refractivity (Wildman–Crippen MR) is 109 cm³/mol. The molecule has 0 radical (unpaired) electrons. The summed E-state index contributed by atoms with van der Waals surface area (Å²) in [5, 5.41) is 2.97. The van der Waals surface area contributed by atoms with Gasteiger partial charge >= 0.3 is 6.03 Å². The van der Waals surface area contributed by atoms with Crippen LogP contribution in [0.1, 0.15) is 17.5 Å². The minimum Gasteiger partial charge on any atom is -0.379 e. The fraction of sp³-hybridized carbons (Fsp3) is 0.409. The first kappa shape index (κ1) is 20.3. The van der Waals surface area contributed by atoms with Crippen molar-refractivity contribution in [2.24, 2.45) is 0 Å². The summed E-state index contributed by atoms with van der Waals surface area (Å²) in [5.41, 5.74) is 2.29. The SMILES string of the molecule is Cc1ccccc1NC(=O)N(CCCN1CCOCC1)Cc1ccccc1F. The topological polar surface area (TPSA) is 44.8 Å². The van der Waals surface area contributed by atoms with Gasteiger partial charge in [-0.2, -0.15) is 0 Å². The lowest BCUT2D eigenvalue weighted by Gasteiger charge is -2.28. The van der Waals surface area contributed by atoms with Gasteiger partial charge in [-0.1, -0.05) is 36.4 Å². The molecule has 0 atom stereocenters. The number of urea groups is 1. The van der Waals surface area contributed by atoms with E-state index in [9.17, 15) is 9.18 Å². The van der Waals surface area contributed by atoms with Crippen LogP contribution in [0.4, 0.5) is 14.9 Å². The summed E-state index contributed by atoms with van der Waals surface area (Å²) in [6.45, 7) is 7.01. The summed E-state index contributed by atoms with van der Waals surface area (Å²) in [6, 6.07) is 14.1. The summed E-state index contributed by atoms with van der Waals surface area (Å²) in [6.07, 6.45) is 0.829. The minimum atomic E-state index is -0.288. The highest BCUT2D eigenvalue weighted by Gasteiger charge is 2.18. The molecule has 2 amide bonds. The van der Waals surface area contributed by atoms with E-state index in [1.165, 1.54) is 6.07 Å². The standard InChI is InChI=1S/C22H28FN3O2/c1-18-7-2-5-10-21(18)24-22(27)26(17-19-8-3-4-9-20(19)23)12-6-11-25-13-15-28-16-14-25/h2-5,7-10H,6,11-17H2,1H3,(H,24,27). The smallest absolute Gasteiger partial charge is 0.322 e.